The highest BCUT2D eigenvalue weighted by molar-refractivity contribution is 9.10. The lowest BCUT2D eigenvalue weighted by Crippen LogP contribution is -2.05. The smallest absolute Gasteiger partial charge is 0.161 e. The summed E-state index contributed by atoms with van der Waals surface area (Å²) in [4.78, 5) is 0. The van der Waals surface area contributed by atoms with Crippen molar-refractivity contribution in [3.05, 3.63) is 63.4 Å². The highest BCUT2D eigenvalue weighted by atomic mass is 79.9. The number of aliphatic hydroxyl groups excluding tert-OH is 1. The van der Waals surface area contributed by atoms with E-state index in [1.165, 1.54) is 19.2 Å². The molecule has 106 valence electrons. The number of hydrogen-bond acceptors (Lipinski definition) is 2. The van der Waals surface area contributed by atoms with Crippen molar-refractivity contribution in [2.45, 2.75) is 6.10 Å². The average Bonchev–Trinajstić information content (AvgIpc) is 2.42. The molecule has 0 spiro atoms. The molecule has 0 bridgehead atoms. The SMILES string of the molecule is COc1ccc(C(O)c2cc(F)c(F)cc2F)cc1Br. The molecule has 0 saturated carbocycles. The third-order valence-corrected chi connectivity index (χ3v) is 3.45. The zero-order valence-electron chi connectivity index (χ0n) is 10.3. The van der Waals surface area contributed by atoms with Gasteiger partial charge in [-0.2, -0.15) is 0 Å². The average molecular weight is 347 g/mol. The third kappa shape index (κ3) is 2.81. The van der Waals surface area contributed by atoms with Crippen LogP contribution in [0.2, 0.25) is 0 Å². The quantitative estimate of drug-likeness (QED) is 0.852. The Labute approximate surface area is 121 Å². The number of rotatable bonds is 3. The first kappa shape index (κ1) is 14.9. The monoisotopic (exact) mass is 346 g/mol. The minimum absolute atomic E-state index is 0.322. The molecule has 0 amide bonds. The summed E-state index contributed by atoms with van der Waals surface area (Å²) in [5.74, 6) is -2.99. The summed E-state index contributed by atoms with van der Waals surface area (Å²) in [5.41, 5.74) is -0.0106. The van der Waals surface area contributed by atoms with Crippen LogP contribution in [0.1, 0.15) is 17.2 Å². The molecular formula is C14H10BrF3O2. The van der Waals surface area contributed by atoms with Crippen molar-refractivity contribution in [1.29, 1.82) is 0 Å². The first-order valence-corrected chi connectivity index (χ1v) is 6.39. The Morgan fingerprint density at radius 1 is 1.05 bits per heavy atom. The number of hydrogen-bond donors (Lipinski definition) is 1. The Hall–Kier alpha value is -1.53. The van der Waals surface area contributed by atoms with E-state index in [4.69, 9.17) is 4.74 Å². The molecule has 6 heteroatoms. The number of halogens is 4. The van der Waals surface area contributed by atoms with Crippen molar-refractivity contribution in [1.82, 2.24) is 0 Å². The molecule has 2 nitrogen and oxygen atoms in total. The Kier molecular flexibility index (Phi) is 4.35. The van der Waals surface area contributed by atoms with Crippen LogP contribution in [0.25, 0.3) is 0 Å². The summed E-state index contributed by atoms with van der Waals surface area (Å²) >= 11 is 3.23. The number of ether oxygens (including phenoxy) is 1. The van der Waals surface area contributed by atoms with Crippen LogP contribution in [0.3, 0.4) is 0 Å². The molecular weight excluding hydrogens is 337 g/mol. The first-order chi connectivity index (χ1) is 9.43. The van der Waals surface area contributed by atoms with Crippen LogP contribution in [0.5, 0.6) is 5.75 Å². The van der Waals surface area contributed by atoms with Gasteiger partial charge < -0.3 is 9.84 Å². The molecule has 0 radical (unpaired) electrons. The summed E-state index contributed by atoms with van der Waals surface area (Å²) in [5, 5.41) is 10.1. The van der Waals surface area contributed by atoms with E-state index < -0.39 is 23.6 Å². The van der Waals surface area contributed by atoms with Gasteiger partial charge in [0.15, 0.2) is 11.6 Å². The van der Waals surface area contributed by atoms with E-state index in [0.717, 1.165) is 0 Å². The van der Waals surface area contributed by atoms with E-state index in [0.29, 0.717) is 27.9 Å². The summed E-state index contributed by atoms with van der Waals surface area (Å²) in [6, 6.07) is 5.65. The normalized spacial score (nSPS) is 12.3. The number of benzene rings is 2. The predicted octanol–water partition coefficient (Wildman–Crippen LogP) is 3.96. The Balaban J connectivity index is 2.43. The fourth-order valence-corrected chi connectivity index (χ4v) is 2.34. The zero-order chi connectivity index (χ0) is 14.9. The highest BCUT2D eigenvalue weighted by Gasteiger charge is 2.19. The van der Waals surface area contributed by atoms with Crippen LogP contribution in [0, 0.1) is 17.5 Å². The molecule has 0 aromatic heterocycles. The predicted molar refractivity (Wildman–Crippen MR) is 71.1 cm³/mol. The molecule has 0 aliphatic carbocycles. The van der Waals surface area contributed by atoms with Gasteiger partial charge in [-0.15, -0.1) is 0 Å². The maximum Gasteiger partial charge on any atom is 0.161 e. The largest absolute Gasteiger partial charge is 0.496 e. The van der Waals surface area contributed by atoms with Crippen molar-refractivity contribution < 1.29 is 23.0 Å². The van der Waals surface area contributed by atoms with Crippen molar-refractivity contribution in [3.63, 3.8) is 0 Å². The van der Waals surface area contributed by atoms with Crippen molar-refractivity contribution in [2.75, 3.05) is 7.11 Å². The van der Waals surface area contributed by atoms with E-state index in [1.54, 1.807) is 6.07 Å². The molecule has 0 heterocycles. The minimum Gasteiger partial charge on any atom is -0.496 e. The van der Waals surface area contributed by atoms with Crippen LogP contribution in [0.4, 0.5) is 13.2 Å². The summed E-state index contributed by atoms with van der Waals surface area (Å²) < 4.78 is 45.2. The maximum absolute atomic E-state index is 13.6. The van der Waals surface area contributed by atoms with Gasteiger partial charge in [0.05, 0.1) is 11.6 Å². The molecule has 0 aliphatic heterocycles. The fourth-order valence-electron chi connectivity index (χ4n) is 1.78. The molecule has 0 fully saturated rings. The van der Waals surface area contributed by atoms with Gasteiger partial charge in [-0.1, -0.05) is 6.07 Å². The standard InChI is InChI=1S/C14H10BrF3O2/c1-20-13-3-2-7(4-9(13)15)14(19)8-5-11(17)12(18)6-10(8)16/h2-6,14,19H,1H3. The van der Waals surface area contributed by atoms with Gasteiger partial charge in [-0.3, -0.25) is 0 Å². The van der Waals surface area contributed by atoms with E-state index in [1.807, 2.05) is 0 Å². The van der Waals surface area contributed by atoms with E-state index >= 15 is 0 Å². The van der Waals surface area contributed by atoms with Crippen LogP contribution >= 0.6 is 15.9 Å². The molecule has 2 aromatic carbocycles. The first-order valence-electron chi connectivity index (χ1n) is 5.60. The van der Waals surface area contributed by atoms with Crippen molar-refractivity contribution in [2.24, 2.45) is 0 Å². The third-order valence-electron chi connectivity index (χ3n) is 2.83. The summed E-state index contributed by atoms with van der Waals surface area (Å²) in [6.45, 7) is 0. The van der Waals surface area contributed by atoms with Gasteiger partial charge in [0, 0.05) is 11.6 Å². The lowest BCUT2D eigenvalue weighted by atomic mass is 10.0. The van der Waals surface area contributed by atoms with Gasteiger partial charge >= 0.3 is 0 Å². The number of aliphatic hydroxyl groups is 1. The van der Waals surface area contributed by atoms with Gasteiger partial charge in [-0.05, 0) is 39.7 Å². The van der Waals surface area contributed by atoms with Crippen LogP contribution in [-0.4, -0.2) is 12.2 Å². The second kappa shape index (κ2) is 5.85. The van der Waals surface area contributed by atoms with Gasteiger partial charge in [-0.25, -0.2) is 13.2 Å². The van der Waals surface area contributed by atoms with E-state index in [2.05, 4.69) is 15.9 Å². The molecule has 2 aromatic rings. The zero-order valence-corrected chi connectivity index (χ0v) is 11.9. The Bertz CT molecular complexity index is 647. The van der Waals surface area contributed by atoms with E-state index in [9.17, 15) is 18.3 Å². The summed E-state index contributed by atoms with van der Waals surface area (Å²) in [7, 11) is 1.48. The van der Waals surface area contributed by atoms with E-state index in [-0.39, 0.29) is 5.56 Å². The van der Waals surface area contributed by atoms with Crippen LogP contribution in [-0.2, 0) is 0 Å². The molecule has 1 unspecified atom stereocenters. The Morgan fingerprint density at radius 2 is 1.70 bits per heavy atom. The number of methoxy groups -OCH3 is 1. The lowest BCUT2D eigenvalue weighted by molar-refractivity contribution is 0.213. The molecule has 0 aliphatic rings. The van der Waals surface area contributed by atoms with Crippen LogP contribution in [0.15, 0.2) is 34.8 Å². The molecule has 2 rings (SSSR count). The van der Waals surface area contributed by atoms with Gasteiger partial charge in [0.2, 0.25) is 0 Å². The topological polar surface area (TPSA) is 29.5 Å². The second-order valence-electron chi connectivity index (χ2n) is 4.08. The molecule has 1 N–H and O–H groups in total. The van der Waals surface area contributed by atoms with Crippen molar-refractivity contribution in [3.8, 4) is 5.75 Å². The minimum atomic E-state index is -1.41. The maximum atomic E-state index is 13.6. The fraction of sp³-hybridized carbons (Fsp3) is 0.143. The molecule has 1 atom stereocenters. The second-order valence-corrected chi connectivity index (χ2v) is 4.94. The highest BCUT2D eigenvalue weighted by Crippen LogP contribution is 2.32. The Morgan fingerprint density at radius 3 is 2.30 bits per heavy atom. The molecule has 0 saturated heterocycles. The van der Waals surface area contributed by atoms with Gasteiger partial charge in [0.25, 0.3) is 0 Å². The lowest BCUT2D eigenvalue weighted by Gasteiger charge is -2.14. The van der Waals surface area contributed by atoms with Crippen molar-refractivity contribution >= 4 is 15.9 Å². The van der Waals surface area contributed by atoms with Gasteiger partial charge in [0.1, 0.15) is 17.7 Å². The summed E-state index contributed by atoms with van der Waals surface area (Å²) in [6.07, 6.45) is -1.41. The molecule has 20 heavy (non-hydrogen) atoms. The van der Waals surface area contributed by atoms with Crippen LogP contribution < -0.4 is 4.74 Å².